The summed E-state index contributed by atoms with van der Waals surface area (Å²) in [6.45, 7) is 1.75. The average molecular weight is 210 g/mol. The van der Waals surface area contributed by atoms with E-state index in [0.717, 1.165) is 5.01 Å². The Kier molecular flexibility index (Phi) is 2.09. The number of aliphatic hydroxyl groups is 1. The molecule has 2 heterocycles. The van der Waals surface area contributed by atoms with Crippen molar-refractivity contribution in [3.05, 3.63) is 24.0 Å². The fourth-order valence-electron chi connectivity index (χ4n) is 1.26. The highest BCUT2D eigenvalue weighted by Gasteiger charge is 2.29. The van der Waals surface area contributed by atoms with Gasteiger partial charge in [-0.3, -0.25) is 0 Å². The number of carbonyl (C=O) groups is 1. The van der Waals surface area contributed by atoms with Gasteiger partial charge in [0.05, 0.1) is 13.3 Å². The summed E-state index contributed by atoms with van der Waals surface area (Å²) in [5.41, 5.74) is 3.24. The summed E-state index contributed by atoms with van der Waals surface area (Å²) in [7, 11) is 1.27. The van der Waals surface area contributed by atoms with E-state index in [9.17, 15) is 9.90 Å². The van der Waals surface area contributed by atoms with Gasteiger partial charge in [0.15, 0.2) is 5.82 Å². The van der Waals surface area contributed by atoms with Gasteiger partial charge in [0, 0.05) is 11.8 Å². The predicted octanol–water partition coefficient (Wildman–Crippen LogP) is 0.463. The van der Waals surface area contributed by atoms with E-state index in [4.69, 9.17) is 0 Å². The van der Waals surface area contributed by atoms with Crippen LogP contribution in [-0.2, 0) is 4.74 Å². The van der Waals surface area contributed by atoms with Gasteiger partial charge in [-0.2, -0.15) is 5.01 Å². The van der Waals surface area contributed by atoms with E-state index < -0.39 is 6.09 Å². The molecule has 0 spiro atoms. The molecule has 0 atom stereocenters. The first-order chi connectivity index (χ1) is 7.11. The smallest absolute Gasteiger partial charge is 0.429 e. The van der Waals surface area contributed by atoms with Crippen molar-refractivity contribution in [2.24, 2.45) is 4.99 Å². The zero-order chi connectivity index (χ0) is 11.0. The molecule has 2 N–H and O–H groups in total. The maximum Gasteiger partial charge on any atom is 0.429 e. The molecule has 2 rings (SSSR count). The fraction of sp³-hybridized carbons (Fsp3) is 0.250. The van der Waals surface area contributed by atoms with Crippen LogP contribution in [0, 0.1) is 0 Å². The number of hydrogen-bond donors (Lipinski definition) is 2. The minimum atomic E-state index is -0.586. The molecule has 15 heavy (non-hydrogen) atoms. The number of aliphatic hydroxyl groups excluding tert-OH is 1. The molecule has 0 aliphatic carbocycles. The van der Waals surface area contributed by atoms with E-state index in [1.54, 1.807) is 6.92 Å². The summed E-state index contributed by atoms with van der Waals surface area (Å²) in [6, 6.07) is 0. The van der Waals surface area contributed by atoms with Crippen LogP contribution in [0.3, 0.4) is 0 Å². The van der Waals surface area contributed by atoms with Crippen molar-refractivity contribution in [2.45, 2.75) is 6.92 Å². The van der Waals surface area contributed by atoms with Gasteiger partial charge in [0.25, 0.3) is 0 Å². The second kappa shape index (κ2) is 3.28. The van der Waals surface area contributed by atoms with E-state index in [0.29, 0.717) is 11.5 Å². The van der Waals surface area contributed by atoms with Crippen LogP contribution < -0.4 is 5.53 Å². The van der Waals surface area contributed by atoms with E-state index in [-0.39, 0.29) is 5.88 Å². The molecule has 0 radical (unpaired) electrons. The Bertz CT molecular complexity index is 399. The lowest BCUT2D eigenvalue weighted by atomic mass is 10.3. The topological polar surface area (TPSA) is 77.4 Å². The largest absolute Gasteiger partial charge is 0.493 e. The zero-order valence-electron chi connectivity index (χ0n) is 8.26. The highest BCUT2D eigenvalue weighted by Crippen LogP contribution is 2.21. The Balaban J connectivity index is 2.26. The third-order valence-corrected chi connectivity index (χ3v) is 1.91. The number of ether oxygens (including phenoxy) is 1. The Hall–Kier alpha value is -2.02. The van der Waals surface area contributed by atoms with E-state index in [2.05, 4.69) is 15.3 Å². The first-order valence-corrected chi connectivity index (χ1v) is 4.23. The van der Waals surface area contributed by atoms with Crippen molar-refractivity contribution >= 4 is 11.8 Å². The van der Waals surface area contributed by atoms with Gasteiger partial charge in [0.1, 0.15) is 0 Å². The minimum Gasteiger partial charge on any atom is -0.493 e. The predicted molar refractivity (Wildman–Crippen MR) is 51.1 cm³/mol. The highest BCUT2D eigenvalue weighted by atomic mass is 16.5. The molecule has 0 saturated heterocycles. The third-order valence-electron chi connectivity index (χ3n) is 1.91. The summed E-state index contributed by atoms with van der Waals surface area (Å²) < 4.78 is 4.51. The van der Waals surface area contributed by atoms with Gasteiger partial charge >= 0.3 is 6.09 Å². The van der Waals surface area contributed by atoms with E-state index in [1.807, 2.05) is 0 Å². The lowest BCUT2D eigenvalue weighted by Gasteiger charge is -2.22. The summed E-state index contributed by atoms with van der Waals surface area (Å²) in [5.74, 6) is 0.401. The minimum absolute atomic E-state index is 0.0276. The number of aliphatic imine (C=N–C) groups is 1. The molecular formula is C8H10N4O3. The zero-order valence-corrected chi connectivity index (χ0v) is 8.26. The van der Waals surface area contributed by atoms with Crippen molar-refractivity contribution in [2.75, 3.05) is 7.11 Å². The van der Waals surface area contributed by atoms with Crippen molar-refractivity contribution in [3.63, 3.8) is 0 Å². The molecule has 0 bridgehead atoms. The standard InChI is InChI=1S/C8H10N4O3/c1-5-3-7(13)12-6(9-5)4-11(10-12)8(14)15-2/h3-4,10,13H,1-2H3. The molecule has 80 valence electrons. The number of methoxy groups -OCH3 is 1. The van der Waals surface area contributed by atoms with E-state index >= 15 is 0 Å². The second-order valence-corrected chi connectivity index (χ2v) is 3.02. The average Bonchev–Trinajstić information content (AvgIpc) is 2.60. The van der Waals surface area contributed by atoms with Gasteiger partial charge in [-0.05, 0) is 6.92 Å². The van der Waals surface area contributed by atoms with Crippen LogP contribution in [0.4, 0.5) is 4.79 Å². The van der Waals surface area contributed by atoms with Crippen LogP contribution in [0.15, 0.2) is 29.0 Å². The summed E-state index contributed by atoms with van der Waals surface area (Å²) in [5, 5.41) is 11.9. The molecule has 2 aliphatic rings. The number of hydrogen-bond acceptors (Lipinski definition) is 6. The Morgan fingerprint density at radius 3 is 3.07 bits per heavy atom. The number of nitrogens with zero attached hydrogens (tertiary/aromatic N) is 3. The number of nitrogens with one attached hydrogen (secondary N) is 1. The highest BCUT2D eigenvalue weighted by molar-refractivity contribution is 5.94. The van der Waals surface area contributed by atoms with Crippen LogP contribution >= 0.6 is 0 Å². The molecule has 1 amide bonds. The third kappa shape index (κ3) is 1.52. The normalized spacial score (nSPS) is 19.2. The maximum absolute atomic E-state index is 11.2. The maximum atomic E-state index is 11.2. The van der Waals surface area contributed by atoms with Crippen LogP contribution in [0.25, 0.3) is 0 Å². The molecule has 0 fully saturated rings. The number of hydrazine groups is 2. The van der Waals surface area contributed by atoms with Gasteiger partial charge in [-0.25, -0.2) is 14.8 Å². The van der Waals surface area contributed by atoms with Gasteiger partial charge in [-0.1, -0.05) is 0 Å². The number of fused-ring (bicyclic) bond motifs is 1. The monoisotopic (exact) mass is 210 g/mol. The summed E-state index contributed by atoms with van der Waals surface area (Å²) >= 11 is 0. The summed E-state index contributed by atoms with van der Waals surface area (Å²) in [6.07, 6.45) is 2.32. The Morgan fingerprint density at radius 2 is 2.40 bits per heavy atom. The van der Waals surface area contributed by atoms with Crippen LogP contribution in [0.1, 0.15) is 6.92 Å². The first-order valence-electron chi connectivity index (χ1n) is 4.23. The molecule has 0 aromatic rings. The van der Waals surface area contributed by atoms with Gasteiger partial charge < -0.3 is 9.84 Å². The Morgan fingerprint density at radius 1 is 1.67 bits per heavy atom. The SMILES string of the molecule is COC(=O)N1C=C2N=C(C)C=C(O)N2N1. The van der Waals surface area contributed by atoms with E-state index in [1.165, 1.54) is 24.4 Å². The van der Waals surface area contributed by atoms with Crippen molar-refractivity contribution in [1.82, 2.24) is 15.6 Å². The first kappa shape index (κ1) is 9.53. The molecular weight excluding hydrogens is 200 g/mol. The molecule has 0 aromatic heterocycles. The summed E-state index contributed by atoms with van der Waals surface area (Å²) in [4.78, 5) is 15.3. The van der Waals surface area contributed by atoms with Crippen molar-refractivity contribution in [1.29, 1.82) is 0 Å². The molecule has 2 aliphatic heterocycles. The lowest BCUT2D eigenvalue weighted by molar-refractivity contribution is 0.0801. The molecule has 0 unspecified atom stereocenters. The molecule has 0 saturated carbocycles. The van der Waals surface area contributed by atoms with Crippen LogP contribution in [-0.4, -0.2) is 34.0 Å². The Labute approximate surface area is 85.9 Å². The van der Waals surface area contributed by atoms with Crippen molar-refractivity contribution in [3.8, 4) is 0 Å². The molecule has 7 heteroatoms. The quantitative estimate of drug-likeness (QED) is 0.607. The number of rotatable bonds is 0. The molecule has 0 aromatic carbocycles. The fourth-order valence-corrected chi connectivity index (χ4v) is 1.26. The van der Waals surface area contributed by atoms with Crippen molar-refractivity contribution < 1.29 is 14.6 Å². The number of amides is 1. The number of allylic oxidation sites excluding steroid dienone is 1. The number of carbonyl (C=O) groups excluding carboxylic acids is 1. The second-order valence-electron chi connectivity index (χ2n) is 3.02. The van der Waals surface area contributed by atoms with Gasteiger partial charge in [-0.15, -0.1) is 5.53 Å². The van der Waals surface area contributed by atoms with Gasteiger partial charge in [0.2, 0.25) is 5.88 Å². The van der Waals surface area contributed by atoms with Crippen LogP contribution in [0.5, 0.6) is 0 Å². The molecule has 7 nitrogen and oxygen atoms in total. The lowest BCUT2D eigenvalue weighted by Crippen LogP contribution is -2.43. The van der Waals surface area contributed by atoms with Crippen LogP contribution in [0.2, 0.25) is 0 Å².